The largest absolute Gasteiger partial charge is 0.367 e. The monoisotopic (exact) mass is 132 g/mol. The lowest BCUT2D eigenvalue weighted by molar-refractivity contribution is -0.128. The molecule has 0 aliphatic carbocycles. The second kappa shape index (κ2) is 1.95. The Morgan fingerprint density at radius 1 is 1.78 bits per heavy atom. The Balaban J connectivity index is 2.61. The lowest BCUT2D eigenvalue weighted by Gasteiger charge is -2.11. The van der Waals surface area contributed by atoms with Crippen molar-refractivity contribution in [1.82, 2.24) is 5.32 Å². The zero-order chi connectivity index (χ0) is 6.91. The van der Waals surface area contributed by atoms with Gasteiger partial charge in [-0.1, -0.05) is 0 Å². The van der Waals surface area contributed by atoms with Crippen LogP contribution in [0.1, 0.15) is 6.42 Å². The van der Waals surface area contributed by atoms with Crippen molar-refractivity contribution < 1.29 is 9.18 Å². The van der Waals surface area contributed by atoms with Crippen molar-refractivity contribution in [3.05, 3.63) is 0 Å². The van der Waals surface area contributed by atoms with E-state index in [9.17, 15) is 9.18 Å². The number of hydrogen-bond donors (Lipinski definition) is 2. The van der Waals surface area contributed by atoms with Gasteiger partial charge < -0.3 is 11.1 Å². The van der Waals surface area contributed by atoms with Crippen LogP contribution in [-0.4, -0.2) is 24.7 Å². The highest BCUT2D eigenvalue weighted by Gasteiger charge is 2.39. The van der Waals surface area contributed by atoms with E-state index in [1.807, 2.05) is 0 Å². The Bertz CT molecular complexity index is 131. The number of hydrogen-bond acceptors (Lipinski definition) is 2. The fourth-order valence-electron chi connectivity index (χ4n) is 0.872. The summed E-state index contributed by atoms with van der Waals surface area (Å²) in [4.78, 5) is 10.3. The van der Waals surface area contributed by atoms with Gasteiger partial charge in [-0.05, 0) is 6.54 Å². The van der Waals surface area contributed by atoms with Crippen LogP contribution in [0.3, 0.4) is 0 Å². The first kappa shape index (κ1) is 6.48. The zero-order valence-corrected chi connectivity index (χ0v) is 4.98. The first-order chi connectivity index (χ1) is 4.15. The molecule has 3 N–H and O–H groups in total. The van der Waals surface area contributed by atoms with E-state index >= 15 is 0 Å². The van der Waals surface area contributed by atoms with E-state index in [1.165, 1.54) is 0 Å². The quantitative estimate of drug-likeness (QED) is 0.489. The molecule has 1 aliphatic rings. The smallest absolute Gasteiger partial charge is 0.256 e. The van der Waals surface area contributed by atoms with E-state index in [2.05, 4.69) is 5.32 Å². The average Bonchev–Trinajstić information content (AvgIpc) is 2.16. The van der Waals surface area contributed by atoms with Gasteiger partial charge in [0.05, 0.1) is 0 Å². The van der Waals surface area contributed by atoms with E-state index in [-0.39, 0.29) is 13.0 Å². The number of carbonyl (C=O) groups is 1. The summed E-state index contributed by atoms with van der Waals surface area (Å²) in [6, 6.07) is 0. The van der Waals surface area contributed by atoms with E-state index in [1.54, 1.807) is 0 Å². The van der Waals surface area contributed by atoms with Crippen LogP contribution in [0.5, 0.6) is 0 Å². The van der Waals surface area contributed by atoms with Crippen LogP contribution < -0.4 is 11.1 Å². The molecule has 0 aromatic carbocycles. The van der Waals surface area contributed by atoms with E-state index < -0.39 is 11.6 Å². The van der Waals surface area contributed by atoms with Gasteiger partial charge in [0.1, 0.15) is 0 Å². The standard InChI is InChI=1S/C5H9FN2O/c6-5(4(7)9)1-2-8-3-5/h8H,1-3H2,(H2,7,9)/t5-/m0/s1. The molecule has 0 aromatic rings. The van der Waals surface area contributed by atoms with Gasteiger partial charge in [-0.15, -0.1) is 0 Å². The second-order valence-corrected chi connectivity index (χ2v) is 2.26. The van der Waals surface area contributed by atoms with E-state index in [0.717, 1.165) is 0 Å². The highest BCUT2D eigenvalue weighted by atomic mass is 19.1. The lowest BCUT2D eigenvalue weighted by atomic mass is 10.1. The molecule has 1 atom stereocenters. The first-order valence-corrected chi connectivity index (χ1v) is 2.85. The van der Waals surface area contributed by atoms with Gasteiger partial charge in [0.25, 0.3) is 5.91 Å². The molecule has 1 heterocycles. The van der Waals surface area contributed by atoms with Crippen molar-refractivity contribution in [2.45, 2.75) is 12.1 Å². The van der Waals surface area contributed by atoms with Crippen LogP contribution in [0.2, 0.25) is 0 Å². The third-order valence-corrected chi connectivity index (χ3v) is 1.54. The molecule has 1 rings (SSSR count). The maximum atomic E-state index is 12.9. The number of rotatable bonds is 1. The molecule has 0 radical (unpaired) electrons. The lowest BCUT2D eigenvalue weighted by Crippen LogP contribution is -2.41. The highest BCUT2D eigenvalue weighted by molar-refractivity contribution is 5.84. The molecule has 1 fully saturated rings. The fourth-order valence-corrected chi connectivity index (χ4v) is 0.872. The predicted molar refractivity (Wildman–Crippen MR) is 30.5 cm³/mol. The van der Waals surface area contributed by atoms with Crippen molar-refractivity contribution in [3.8, 4) is 0 Å². The fraction of sp³-hybridized carbons (Fsp3) is 0.800. The molecule has 3 nitrogen and oxygen atoms in total. The molecular weight excluding hydrogens is 123 g/mol. The molecule has 0 bridgehead atoms. The summed E-state index contributed by atoms with van der Waals surface area (Å²) in [5, 5.41) is 2.72. The van der Waals surface area contributed by atoms with E-state index in [0.29, 0.717) is 6.54 Å². The molecule has 0 unspecified atom stereocenters. The maximum Gasteiger partial charge on any atom is 0.256 e. The summed E-state index contributed by atoms with van der Waals surface area (Å²) in [5.41, 5.74) is 3.00. The number of halogens is 1. The van der Waals surface area contributed by atoms with Gasteiger partial charge in [-0.2, -0.15) is 0 Å². The highest BCUT2D eigenvalue weighted by Crippen LogP contribution is 2.18. The van der Waals surface area contributed by atoms with Gasteiger partial charge in [-0.3, -0.25) is 4.79 Å². The number of primary amides is 1. The summed E-state index contributed by atoms with van der Waals surface area (Å²) in [6.07, 6.45) is 0.211. The SMILES string of the molecule is NC(=O)[C@]1(F)CCNC1. The third kappa shape index (κ3) is 1.03. The number of nitrogens with two attached hydrogens (primary N) is 1. The third-order valence-electron chi connectivity index (χ3n) is 1.54. The average molecular weight is 132 g/mol. The molecule has 52 valence electrons. The Hall–Kier alpha value is -0.640. The molecule has 4 heteroatoms. The molecular formula is C5H9FN2O. The second-order valence-electron chi connectivity index (χ2n) is 2.26. The first-order valence-electron chi connectivity index (χ1n) is 2.85. The van der Waals surface area contributed by atoms with Crippen LogP contribution in [0.15, 0.2) is 0 Å². The van der Waals surface area contributed by atoms with Crippen molar-refractivity contribution in [2.24, 2.45) is 5.73 Å². The summed E-state index contributed by atoms with van der Waals surface area (Å²) < 4.78 is 12.9. The van der Waals surface area contributed by atoms with Crippen molar-refractivity contribution in [3.63, 3.8) is 0 Å². The topological polar surface area (TPSA) is 55.1 Å². The van der Waals surface area contributed by atoms with Crippen LogP contribution in [0, 0.1) is 0 Å². The number of nitrogens with one attached hydrogen (secondary N) is 1. The van der Waals surface area contributed by atoms with Crippen molar-refractivity contribution >= 4 is 5.91 Å². The van der Waals surface area contributed by atoms with Crippen LogP contribution >= 0.6 is 0 Å². The Morgan fingerprint density at radius 3 is 2.67 bits per heavy atom. The summed E-state index contributed by atoms with van der Waals surface area (Å²) in [7, 11) is 0. The minimum atomic E-state index is -1.78. The molecule has 1 amide bonds. The van der Waals surface area contributed by atoms with Crippen molar-refractivity contribution in [1.29, 1.82) is 0 Å². The maximum absolute atomic E-state index is 12.9. The number of amides is 1. The van der Waals surface area contributed by atoms with Gasteiger partial charge >= 0.3 is 0 Å². The Kier molecular flexibility index (Phi) is 1.40. The number of alkyl halides is 1. The normalized spacial score (nSPS) is 34.8. The zero-order valence-electron chi connectivity index (χ0n) is 4.98. The summed E-state index contributed by atoms with van der Waals surface area (Å²) >= 11 is 0. The molecule has 0 spiro atoms. The van der Waals surface area contributed by atoms with Gasteiger partial charge in [-0.25, -0.2) is 4.39 Å². The molecule has 1 aliphatic heterocycles. The van der Waals surface area contributed by atoms with Crippen molar-refractivity contribution in [2.75, 3.05) is 13.1 Å². The Labute approximate surface area is 52.4 Å². The minimum absolute atomic E-state index is 0.0718. The summed E-state index contributed by atoms with van der Waals surface area (Å²) in [5.74, 6) is -0.854. The van der Waals surface area contributed by atoms with Gasteiger partial charge in [0.2, 0.25) is 5.67 Å². The molecule has 9 heavy (non-hydrogen) atoms. The van der Waals surface area contributed by atoms with Gasteiger partial charge in [0, 0.05) is 13.0 Å². The molecule has 0 saturated carbocycles. The molecule has 1 saturated heterocycles. The Morgan fingerprint density at radius 2 is 2.44 bits per heavy atom. The van der Waals surface area contributed by atoms with Gasteiger partial charge in [0.15, 0.2) is 0 Å². The van der Waals surface area contributed by atoms with E-state index in [4.69, 9.17) is 5.73 Å². The van der Waals surface area contributed by atoms with Crippen LogP contribution in [0.25, 0.3) is 0 Å². The molecule has 0 aromatic heterocycles. The van der Waals surface area contributed by atoms with Crippen LogP contribution in [0.4, 0.5) is 4.39 Å². The summed E-state index contributed by atoms with van der Waals surface area (Å²) in [6.45, 7) is 0.613. The van der Waals surface area contributed by atoms with Crippen LogP contribution in [-0.2, 0) is 4.79 Å². The number of carbonyl (C=O) groups excluding carboxylic acids is 1. The predicted octanol–water partition coefficient (Wildman–Crippen LogP) is -0.827. The minimum Gasteiger partial charge on any atom is -0.367 e.